The minimum atomic E-state index is -2.98. The van der Waals surface area contributed by atoms with Crippen LogP contribution >= 0.6 is 11.6 Å². The van der Waals surface area contributed by atoms with Crippen LogP contribution < -0.4 is 10.2 Å². The lowest BCUT2D eigenvalue weighted by molar-refractivity contribution is 0.102. The first-order valence-electron chi connectivity index (χ1n) is 8.10. The zero-order chi connectivity index (χ0) is 18.9. The zero-order valence-electron chi connectivity index (χ0n) is 14.4. The molecule has 1 N–H and O–H groups in total. The van der Waals surface area contributed by atoms with Gasteiger partial charge in [0.15, 0.2) is 21.3 Å². The van der Waals surface area contributed by atoms with E-state index in [9.17, 15) is 13.2 Å². The van der Waals surface area contributed by atoms with Gasteiger partial charge in [0.2, 0.25) is 0 Å². The van der Waals surface area contributed by atoms with E-state index in [2.05, 4.69) is 15.5 Å². The molecule has 0 saturated carbocycles. The highest BCUT2D eigenvalue weighted by molar-refractivity contribution is 7.91. The van der Waals surface area contributed by atoms with Crippen molar-refractivity contribution in [3.8, 4) is 0 Å². The van der Waals surface area contributed by atoms with Crippen molar-refractivity contribution in [3.05, 3.63) is 46.6 Å². The van der Waals surface area contributed by atoms with E-state index in [1.54, 1.807) is 36.2 Å². The summed E-state index contributed by atoms with van der Waals surface area (Å²) in [6.45, 7) is 1.88. The van der Waals surface area contributed by atoms with Crippen molar-refractivity contribution in [2.24, 2.45) is 0 Å². The molecule has 1 aliphatic rings. The maximum absolute atomic E-state index is 12.3. The Balaban J connectivity index is 1.68. The van der Waals surface area contributed by atoms with Crippen molar-refractivity contribution >= 4 is 38.9 Å². The Hall–Kier alpha value is -2.19. The molecule has 1 unspecified atom stereocenters. The van der Waals surface area contributed by atoms with Gasteiger partial charge in [0.25, 0.3) is 5.91 Å². The van der Waals surface area contributed by atoms with Gasteiger partial charge in [0, 0.05) is 23.8 Å². The molecule has 0 bridgehead atoms. The van der Waals surface area contributed by atoms with Gasteiger partial charge in [-0.3, -0.25) is 4.79 Å². The van der Waals surface area contributed by atoms with E-state index < -0.39 is 15.7 Å². The smallest absolute Gasteiger partial charge is 0.276 e. The molecule has 1 aliphatic heterocycles. The van der Waals surface area contributed by atoms with Crippen LogP contribution in [0.25, 0.3) is 0 Å². The van der Waals surface area contributed by atoms with E-state index in [-0.39, 0.29) is 23.2 Å². The number of hydrogen-bond acceptors (Lipinski definition) is 6. The fourth-order valence-electron chi connectivity index (χ4n) is 2.77. The first kappa shape index (κ1) is 18.6. The second kappa shape index (κ2) is 7.20. The van der Waals surface area contributed by atoms with Crippen LogP contribution in [-0.2, 0) is 9.84 Å². The van der Waals surface area contributed by atoms with E-state index in [0.717, 1.165) is 5.56 Å². The third-order valence-electron chi connectivity index (χ3n) is 4.43. The molecule has 1 saturated heterocycles. The maximum Gasteiger partial charge on any atom is 0.276 e. The highest BCUT2D eigenvalue weighted by Gasteiger charge is 2.31. The van der Waals surface area contributed by atoms with Gasteiger partial charge < -0.3 is 10.2 Å². The predicted molar refractivity (Wildman–Crippen MR) is 102 cm³/mol. The van der Waals surface area contributed by atoms with E-state index in [1.807, 2.05) is 13.0 Å². The molecule has 3 rings (SSSR count). The van der Waals surface area contributed by atoms with Crippen molar-refractivity contribution in [3.63, 3.8) is 0 Å². The second-order valence-corrected chi connectivity index (χ2v) is 9.00. The minimum Gasteiger partial charge on any atom is -0.354 e. The maximum atomic E-state index is 12.3. The Bertz CT molecular complexity index is 932. The van der Waals surface area contributed by atoms with Gasteiger partial charge >= 0.3 is 0 Å². The van der Waals surface area contributed by atoms with Crippen LogP contribution in [0, 0.1) is 6.92 Å². The topological polar surface area (TPSA) is 92.3 Å². The van der Waals surface area contributed by atoms with Crippen LogP contribution in [0.3, 0.4) is 0 Å². The fourth-order valence-corrected chi connectivity index (χ4v) is 4.72. The summed E-state index contributed by atoms with van der Waals surface area (Å²) >= 11 is 6.05. The second-order valence-electron chi connectivity index (χ2n) is 6.36. The number of amides is 1. The number of carbonyl (C=O) groups is 1. The lowest BCUT2D eigenvalue weighted by Gasteiger charge is -2.23. The zero-order valence-corrected chi connectivity index (χ0v) is 16.0. The normalized spacial score (nSPS) is 18.5. The molecule has 7 nitrogen and oxygen atoms in total. The van der Waals surface area contributed by atoms with Crippen molar-refractivity contribution in [1.29, 1.82) is 0 Å². The Labute approximate surface area is 157 Å². The summed E-state index contributed by atoms with van der Waals surface area (Å²) in [6.07, 6.45) is 0.566. The quantitative estimate of drug-likeness (QED) is 0.855. The largest absolute Gasteiger partial charge is 0.354 e. The van der Waals surface area contributed by atoms with Crippen LogP contribution in [0.1, 0.15) is 22.5 Å². The van der Waals surface area contributed by atoms with E-state index in [0.29, 0.717) is 22.9 Å². The predicted octanol–water partition coefficient (Wildman–Crippen LogP) is 2.31. The average molecular weight is 395 g/mol. The Morgan fingerprint density at radius 3 is 2.62 bits per heavy atom. The number of aromatic nitrogens is 2. The lowest BCUT2D eigenvalue weighted by Crippen LogP contribution is -2.33. The molecule has 2 aromatic rings. The first-order chi connectivity index (χ1) is 12.2. The molecule has 0 aliphatic carbocycles. The van der Waals surface area contributed by atoms with Gasteiger partial charge in [-0.25, -0.2) is 8.42 Å². The molecule has 1 aromatic carbocycles. The highest BCUT2D eigenvalue weighted by atomic mass is 35.5. The molecule has 1 atom stereocenters. The van der Waals surface area contributed by atoms with Crippen molar-refractivity contribution in [2.75, 3.05) is 28.8 Å². The Kier molecular flexibility index (Phi) is 5.15. The molecule has 1 aromatic heterocycles. The number of halogens is 1. The van der Waals surface area contributed by atoms with Crippen molar-refractivity contribution < 1.29 is 13.2 Å². The number of nitrogens with zero attached hydrogens (tertiary/aromatic N) is 3. The first-order valence-corrected chi connectivity index (χ1v) is 10.3. The molecule has 138 valence electrons. The molecule has 0 spiro atoms. The molecular weight excluding hydrogens is 376 g/mol. The van der Waals surface area contributed by atoms with Crippen LogP contribution in [0.15, 0.2) is 30.3 Å². The van der Waals surface area contributed by atoms with Crippen molar-refractivity contribution in [2.45, 2.75) is 19.4 Å². The summed E-state index contributed by atoms with van der Waals surface area (Å²) in [5.74, 6) is 0.438. The summed E-state index contributed by atoms with van der Waals surface area (Å²) in [6, 6.07) is 8.35. The van der Waals surface area contributed by atoms with Gasteiger partial charge in [-0.15, -0.1) is 10.2 Å². The molecule has 1 fully saturated rings. The van der Waals surface area contributed by atoms with Crippen LogP contribution in [0.2, 0.25) is 5.02 Å². The van der Waals surface area contributed by atoms with E-state index in [1.165, 1.54) is 0 Å². The molecule has 1 amide bonds. The van der Waals surface area contributed by atoms with Crippen LogP contribution in [0.4, 0.5) is 11.5 Å². The summed E-state index contributed by atoms with van der Waals surface area (Å²) in [7, 11) is -1.19. The molecular formula is C17H19ClN4O3S. The summed E-state index contributed by atoms with van der Waals surface area (Å²) < 4.78 is 23.2. The monoisotopic (exact) mass is 394 g/mol. The van der Waals surface area contributed by atoms with Gasteiger partial charge in [0.05, 0.1) is 11.5 Å². The standard InChI is InChI=1S/C17H19ClN4O3S/c1-11-3-4-12(9-14(11)18)19-17(23)15-5-6-16(21-20-15)22(2)13-7-8-26(24,25)10-13/h3-6,9,13H,7-8,10H2,1-2H3,(H,19,23). The Morgan fingerprint density at radius 2 is 2.04 bits per heavy atom. The molecule has 2 heterocycles. The molecule has 26 heavy (non-hydrogen) atoms. The summed E-state index contributed by atoms with van der Waals surface area (Å²) in [5.41, 5.74) is 1.66. The Morgan fingerprint density at radius 1 is 1.27 bits per heavy atom. The van der Waals surface area contributed by atoms with Gasteiger partial charge in [0.1, 0.15) is 0 Å². The fraction of sp³-hybridized carbons (Fsp3) is 0.353. The number of sulfone groups is 1. The van der Waals surface area contributed by atoms with E-state index >= 15 is 0 Å². The molecule has 0 radical (unpaired) electrons. The number of benzene rings is 1. The third-order valence-corrected chi connectivity index (χ3v) is 6.59. The number of nitrogens with one attached hydrogen (secondary N) is 1. The third kappa shape index (κ3) is 4.13. The number of aryl methyl sites for hydroxylation is 1. The molecule has 9 heteroatoms. The number of hydrogen-bond donors (Lipinski definition) is 1. The van der Waals surface area contributed by atoms with Crippen molar-refractivity contribution in [1.82, 2.24) is 10.2 Å². The van der Waals surface area contributed by atoms with E-state index in [4.69, 9.17) is 11.6 Å². The highest BCUT2D eigenvalue weighted by Crippen LogP contribution is 2.22. The van der Waals surface area contributed by atoms with Crippen LogP contribution in [0.5, 0.6) is 0 Å². The van der Waals surface area contributed by atoms with Gasteiger partial charge in [-0.2, -0.15) is 0 Å². The lowest BCUT2D eigenvalue weighted by atomic mass is 10.2. The average Bonchev–Trinajstić information content (AvgIpc) is 2.97. The number of carbonyl (C=O) groups excluding carboxylic acids is 1. The number of rotatable bonds is 4. The SMILES string of the molecule is Cc1ccc(NC(=O)c2ccc(N(C)C3CCS(=O)(=O)C3)nn2)cc1Cl. The van der Waals surface area contributed by atoms with Crippen LogP contribution in [-0.4, -0.2) is 49.1 Å². The summed E-state index contributed by atoms with van der Waals surface area (Å²) in [5, 5.41) is 11.3. The number of anilines is 2. The summed E-state index contributed by atoms with van der Waals surface area (Å²) in [4.78, 5) is 14.1. The van der Waals surface area contributed by atoms with Gasteiger partial charge in [-0.1, -0.05) is 17.7 Å². The van der Waals surface area contributed by atoms with Gasteiger partial charge in [-0.05, 0) is 43.2 Å². The minimum absolute atomic E-state index is 0.113.